The van der Waals surface area contributed by atoms with Gasteiger partial charge in [-0.05, 0) is 49.2 Å². The van der Waals surface area contributed by atoms with E-state index in [1.165, 1.54) is 5.56 Å². The second-order valence-electron chi connectivity index (χ2n) is 4.99. The number of ether oxygens (including phenoxy) is 1. The Morgan fingerprint density at radius 1 is 1.18 bits per heavy atom. The Morgan fingerprint density at radius 2 is 1.95 bits per heavy atom. The van der Waals surface area contributed by atoms with Crippen LogP contribution in [0.2, 0.25) is 5.02 Å². The average Bonchev–Trinajstić information content (AvgIpc) is 2.49. The van der Waals surface area contributed by atoms with Gasteiger partial charge < -0.3 is 15.4 Å². The van der Waals surface area contributed by atoms with Crippen LogP contribution in [0.25, 0.3) is 0 Å². The number of carbonyl (C=O) groups excluding carboxylic acids is 1. The molecular formula is C17H19ClN2O2. The summed E-state index contributed by atoms with van der Waals surface area (Å²) in [5, 5.41) is 6.48. The maximum Gasteiger partial charge on any atom is 0.243 e. The second kappa shape index (κ2) is 7.18. The lowest BCUT2D eigenvalue weighted by Gasteiger charge is -2.13. The molecule has 0 radical (unpaired) electrons. The van der Waals surface area contributed by atoms with Crippen LogP contribution in [0.15, 0.2) is 36.4 Å². The number of rotatable bonds is 5. The Balaban J connectivity index is 2.02. The maximum atomic E-state index is 12.1. The van der Waals surface area contributed by atoms with Crippen molar-refractivity contribution >= 4 is 28.9 Å². The van der Waals surface area contributed by atoms with Gasteiger partial charge in [-0.2, -0.15) is 0 Å². The van der Waals surface area contributed by atoms with E-state index in [-0.39, 0.29) is 12.5 Å². The number of aryl methyl sites for hydroxylation is 1. The third-order valence-corrected chi connectivity index (χ3v) is 3.71. The van der Waals surface area contributed by atoms with Gasteiger partial charge in [0, 0.05) is 10.7 Å². The molecule has 0 aromatic heterocycles. The van der Waals surface area contributed by atoms with Crippen molar-refractivity contribution in [3.05, 3.63) is 52.5 Å². The zero-order chi connectivity index (χ0) is 16.1. The molecule has 0 aliphatic heterocycles. The first-order valence-corrected chi connectivity index (χ1v) is 7.32. The largest absolute Gasteiger partial charge is 0.495 e. The van der Waals surface area contributed by atoms with Gasteiger partial charge in [-0.1, -0.05) is 23.7 Å². The molecule has 0 spiro atoms. The van der Waals surface area contributed by atoms with Gasteiger partial charge in [0.05, 0.1) is 19.3 Å². The van der Waals surface area contributed by atoms with Gasteiger partial charge in [-0.25, -0.2) is 0 Å². The molecule has 116 valence electrons. The summed E-state index contributed by atoms with van der Waals surface area (Å²) in [6, 6.07) is 11.0. The number of carbonyl (C=O) groups is 1. The molecule has 4 nitrogen and oxygen atoms in total. The van der Waals surface area contributed by atoms with Crippen molar-refractivity contribution in [1.82, 2.24) is 0 Å². The Labute approximate surface area is 135 Å². The number of methoxy groups -OCH3 is 1. The molecule has 2 N–H and O–H groups in total. The number of nitrogens with one attached hydrogen (secondary N) is 2. The molecule has 0 heterocycles. The van der Waals surface area contributed by atoms with Crippen LogP contribution >= 0.6 is 11.6 Å². The predicted octanol–water partition coefficient (Wildman–Crippen LogP) is 4.02. The summed E-state index contributed by atoms with van der Waals surface area (Å²) < 4.78 is 5.21. The second-order valence-corrected chi connectivity index (χ2v) is 5.43. The highest BCUT2D eigenvalue weighted by Crippen LogP contribution is 2.27. The molecule has 2 aromatic rings. The zero-order valence-electron chi connectivity index (χ0n) is 12.9. The van der Waals surface area contributed by atoms with Crippen molar-refractivity contribution in [1.29, 1.82) is 0 Å². The summed E-state index contributed by atoms with van der Waals surface area (Å²) in [4.78, 5) is 12.1. The fraction of sp³-hybridized carbons (Fsp3) is 0.235. The van der Waals surface area contributed by atoms with Crippen LogP contribution in [-0.2, 0) is 4.79 Å². The van der Waals surface area contributed by atoms with Crippen molar-refractivity contribution in [2.24, 2.45) is 0 Å². The Hall–Kier alpha value is -2.20. The third kappa shape index (κ3) is 3.92. The molecule has 0 saturated heterocycles. The zero-order valence-corrected chi connectivity index (χ0v) is 13.6. The van der Waals surface area contributed by atoms with E-state index in [1.54, 1.807) is 25.3 Å². The first kappa shape index (κ1) is 16.2. The van der Waals surface area contributed by atoms with Crippen molar-refractivity contribution in [3.63, 3.8) is 0 Å². The minimum atomic E-state index is -0.165. The summed E-state index contributed by atoms with van der Waals surface area (Å²) in [5.74, 6) is 0.408. The highest BCUT2D eigenvalue weighted by molar-refractivity contribution is 6.31. The molecule has 0 aliphatic carbocycles. The van der Waals surface area contributed by atoms with E-state index in [0.29, 0.717) is 16.5 Å². The lowest BCUT2D eigenvalue weighted by molar-refractivity contribution is -0.114. The van der Waals surface area contributed by atoms with E-state index in [1.807, 2.05) is 32.0 Å². The molecule has 0 atom stereocenters. The topological polar surface area (TPSA) is 50.4 Å². The van der Waals surface area contributed by atoms with Crippen LogP contribution in [0.4, 0.5) is 11.4 Å². The molecule has 0 saturated carbocycles. The normalized spacial score (nSPS) is 10.2. The summed E-state index contributed by atoms with van der Waals surface area (Å²) in [6.07, 6.45) is 0. The fourth-order valence-electron chi connectivity index (χ4n) is 2.09. The monoisotopic (exact) mass is 318 g/mol. The molecule has 5 heteroatoms. The third-order valence-electron chi connectivity index (χ3n) is 3.48. The Morgan fingerprint density at radius 3 is 2.68 bits per heavy atom. The molecule has 2 rings (SSSR count). The molecule has 22 heavy (non-hydrogen) atoms. The number of hydrogen-bond acceptors (Lipinski definition) is 3. The van der Waals surface area contributed by atoms with Gasteiger partial charge in [0.25, 0.3) is 0 Å². The lowest BCUT2D eigenvalue weighted by Crippen LogP contribution is -2.22. The van der Waals surface area contributed by atoms with Crippen molar-refractivity contribution in [2.45, 2.75) is 13.8 Å². The number of hydrogen-bond donors (Lipinski definition) is 2. The van der Waals surface area contributed by atoms with E-state index in [9.17, 15) is 4.79 Å². The predicted molar refractivity (Wildman–Crippen MR) is 91.0 cm³/mol. The Kier molecular flexibility index (Phi) is 5.28. The van der Waals surface area contributed by atoms with Crippen LogP contribution < -0.4 is 15.4 Å². The van der Waals surface area contributed by atoms with E-state index in [0.717, 1.165) is 11.3 Å². The molecule has 0 fully saturated rings. The quantitative estimate of drug-likeness (QED) is 0.875. The van der Waals surface area contributed by atoms with E-state index >= 15 is 0 Å². The smallest absolute Gasteiger partial charge is 0.243 e. The molecule has 1 amide bonds. The number of anilines is 2. The van der Waals surface area contributed by atoms with Crippen molar-refractivity contribution in [2.75, 3.05) is 24.3 Å². The van der Waals surface area contributed by atoms with Crippen LogP contribution in [0, 0.1) is 13.8 Å². The van der Waals surface area contributed by atoms with Gasteiger partial charge >= 0.3 is 0 Å². The van der Waals surface area contributed by atoms with Gasteiger partial charge in [0.1, 0.15) is 5.75 Å². The SMILES string of the molecule is COc1ccc(Cl)cc1NC(=O)CNc1cccc(C)c1C. The lowest BCUT2D eigenvalue weighted by atomic mass is 10.1. The van der Waals surface area contributed by atoms with Crippen LogP contribution in [0.5, 0.6) is 5.75 Å². The fourth-order valence-corrected chi connectivity index (χ4v) is 2.26. The summed E-state index contributed by atoms with van der Waals surface area (Å²) in [6.45, 7) is 4.23. The van der Waals surface area contributed by atoms with Crippen LogP contribution in [0.3, 0.4) is 0 Å². The molecule has 2 aromatic carbocycles. The van der Waals surface area contributed by atoms with Gasteiger partial charge in [-0.3, -0.25) is 4.79 Å². The molecule has 0 unspecified atom stereocenters. The summed E-state index contributed by atoms with van der Waals surface area (Å²) in [5.41, 5.74) is 3.83. The summed E-state index contributed by atoms with van der Waals surface area (Å²) >= 11 is 5.95. The molecular weight excluding hydrogens is 300 g/mol. The highest BCUT2D eigenvalue weighted by atomic mass is 35.5. The highest BCUT2D eigenvalue weighted by Gasteiger charge is 2.09. The van der Waals surface area contributed by atoms with Crippen LogP contribution in [-0.4, -0.2) is 19.6 Å². The molecule has 0 aliphatic rings. The van der Waals surface area contributed by atoms with Gasteiger partial charge in [0.15, 0.2) is 0 Å². The number of amides is 1. The van der Waals surface area contributed by atoms with Gasteiger partial charge in [-0.15, -0.1) is 0 Å². The maximum absolute atomic E-state index is 12.1. The number of halogens is 1. The first-order chi connectivity index (χ1) is 10.5. The minimum absolute atomic E-state index is 0.165. The Bertz CT molecular complexity index is 686. The van der Waals surface area contributed by atoms with Crippen LogP contribution in [0.1, 0.15) is 11.1 Å². The van der Waals surface area contributed by atoms with E-state index < -0.39 is 0 Å². The van der Waals surface area contributed by atoms with Crippen molar-refractivity contribution in [3.8, 4) is 5.75 Å². The number of benzene rings is 2. The van der Waals surface area contributed by atoms with E-state index in [4.69, 9.17) is 16.3 Å². The minimum Gasteiger partial charge on any atom is -0.495 e. The van der Waals surface area contributed by atoms with E-state index in [2.05, 4.69) is 10.6 Å². The van der Waals surface area contributed by atoms with Gasteiger partial charge in [0.2, 0.25) is 5.91 Å². The average molecular weight is 319 g/mol. The molecule has 0 bridgehead atoms. The first-order valence-electron chi connectivity index (χ1n) is 6.94. The standard InChI is InChI=1S/C17H19ClN2O2/c1-11-5-4-6-14(12(11)2)19-10-17(21)20-15-9-13(18)7-8-16(15)22-3/h4-9,19H,10H2,1-3H3,(H,20,21). The summed E-state index contributed by atoms with van der Waals surface area (Å²) in [7, 11) is 1.55. The van der Waals surface area contributed by atoms with Crippen molar-refractivity contribution < 1.29 is 9.53 Å².